The van der Waals surface area contributed by atoms with Crippen molar-refractivity contribution in [3.63, 3.8) is 0 Å². The van der Waals surface area contributed by atoms with Gasteiger partial charge in [-0.2, -0.15) is 11.3 Å². The Kier molecular flexibility index (Phi) is 4.02. The van der Waals surface area contributed by atoms with Crippen LogP contribution in [0.15, 0.2) is 41.1 Å². The summed E-state index contributed by atoms with van der Waals surface area (Å²) >= 11 is 1.51. The van der Waals surface area contributed by atoms with Crippen molar-refractivity contribution in [2.75, 3.05) is 13.2 Å². The first-order valence-corrected chi connectivity index (χ1v) is 7.73. The lowest BCUT2D eigenvalue weighted by atomic mass is 10.1. The number of esters is 1. The molecule has 1 aromatic carbocycles. The molecule has 0 spiro atoms. The highest BCUT2D eigenvalue weighted by Crippen LogP contribution is 2.21. The van der Waals surface area contributed by atoms with Crippen molar-refractivity contribution in [1.82, 2.24) is 4.90 Å². The van der Waals surface area contributed by atoms with Crippen molar-refractivity contribution in [3.05, 3.63) is 57.8 Å². The van der Waals surface area contributed by atoms with E-state index in [1.165, 1.54) is 11.3 Å². The summed E-state index contributed by atoms with van der Waals surface area (Å²) in [5, 5.41) is 3.77. The summed E-state index contributed by atoms with van der Waals surface area (Å²) in [5.41, 5.74) is 1.70. The fraction of sp³-hybridized carbons (Fsp3) is 0.188. The number of thiophene rings is 1. The van der Waals surface area contributed by atoms with E-state index < -0.39 is 0 Å². The van der Waals surface area contributed by atoms with Crippen LogP contribution in [0.2, 0.25) is 0 Å². The molecular formula is C16H13NO4S. The van der Waals surface area contributed by atoms with Crippen molar-refractivity contribution in [2.24, 2.45) is 0 Å². The fourth-order valence-electron chi connectivity index (χ4n) is 2.30. The molecule has 6 heteroatoms. The molecule has 0 unspecified atom stereocenters. The zero-order valence-corrected chi connectivity index (χ0v) is 12.5. The standard InChI is InChI=1S/C16H13NO4S/c18-14(9-11-5-8-22-10-11)21-7-6-17-15(19)12-3-1-2-4-13(12)16(17)20/h1-5,8,10H,6-7,9H2. The smallest absolute Gasteiger partial charge is 0.310 e. The van der Waals surface area contributed by atoms with Crippen LogP contribution in [0.1, 0.15) is 26.3 Å². The second kappa shape index (κ2) is 6.11. The molecule has 0 radical (unpaired) electrons. The monoisotopic (exact) mass is 315 g/mol. The van der Waals surface area contributed by atoms with E-state index >= 15 is 0 Å². The van der Waals surface area contributed by atoms with Gasteiger partial charge in [-0.1, -0.05) is 12.1 Å². The van der Waals surface area contributed by atoms with E-state index in [0.29, 0.717) is 11.1 Å². The van der Waals surface area contributed by atoms with Crippen LogP contribution < -0.4 is 0 Å². The van der Waals surface area contributed by atoms with Gasteiger partial charge in [-0.3, -0.25) is 19.3 Å². The summed E-state index contributed by atoms with van der Waals surface area (Å²) in [6.45, 7) is 0.0795. The van der Waals surface area contributed by atoms with Crippen LogP contribution in [0.4, 0.5) is 0 Å². The Morgan fingerprint density at radius 2 is 1.77 bits per heavy atom. The summed E-state index contributed by atoms with van der Waals surface area (Å²) in [7, 11) is 0. The van der Waals surface area contributed by atoms with E-state index in [1.807, 2.05) is 16.8 Å². The van der Waals surface area contributed by atoms with Gasteiger partial charge in [0.25, 0.3) is 11.8 Å². The molecule has 0 atom stereocenters. The van der Waals surface area contributed by atoms with Crippen LogP contribution in [0.3, 0.4) is 0 Å². The van der Waals surface area contributed by atoms with E-state index in [9.17, 15) is 14.4 Å². The number of amides is 2. The molecule has 1 aliphatic heterocycles. The number of ether oxygens (including phenoxy) is 1. The van der Waals surface area contributed by atoms with Gasteiger partial charge in [0.1, 0.15) is 6.61 Å². The lowest BCUT2D eigenvalue weighted by molar-refractivity contribution is -0.143. The largest absolute Gasteiger partial charge is 0.464 e. The van der Waals surface area contributed by atoms with Gasteiger partial charge in [-0.15, -0.1) is 0 Å². The Morgan fingerprint density at radius 1 is 1.09 bits per heavy atom. The van der Waals surface area contributed by atoms with Gasteiger partial charge in [-0.25, -0.2) is 0 Å². The number of imide groups is 1. The molecule has 1 aliphatic rings. The summed E-state index contributed by atoms with van der Waals surface area (Å²) in [5.74, 6) is -1.04. The molecule has 0 bridgehead atoms. The van der Waals surface area contributed by atoms with Crippen molar-refractivity contribution >= 4 is 29.1 Å². The molecule has 112 valence electrons. The molecule has 0 aliphatic carbocycles. The predicted molar refractivity (Wildman–Crippen MR) is 80.8 cm³/mol. The number of carbonyl (C=O) groups is 3. The number of benzene rings is 1. The SMILES string of the molecule is O=C(Cc1ccsc1)OCCN1C(=O)c2ccccc2C1=O. The second-order valence-electron chi connectivity index (χ2n) is 4.84. The zero-order chi connectivity index (χ0) is 15.5. The minimum atomic E-state index is -0.366. The van der Waals surface area contributed by atoms with Gasteiger partial charge in [0.05, 0.1) is 24.1 Å². The number of nitrogens with zero attached hydrogens (tertiary/aromatic N) is 1. The molecule has 2 aromatic rings. The molecule has 5 nitrogen and oxygen atoms in total. The first-order chi connectivity index (χ1) is 10.7. The molecule has 0 N–H and O–H groups in total. The van der Waals surface area contributed by atoms with E-state index in [4.69, 9.17) is 4.74 Å². The van der Waals surface area contributed by atoms with Crippen LogP contribution in [-0.2, 0) is 16.0 Å². The third kappa shape index (κ3) is 2.78. The molecular weight excluding hydrogens is 302 g/mol. The van der Waals surface area contributed by atoms with E-state index in [2.05, 4.69) is 0 Å². The third-order valence-corrected chi connectivity index (χ3v) is 4.12. The van der Waals surface area contributed by atoms with E-state index in [0.717, 1.165) is 10.5 Å². The number of rotatable bonds is 5. The molecule has 0 fully saturated rings. The molecule has 1 aromatic heterocycles. The Hall–Kier alpha value is -2.47. The zero-order valence-electron chi connectivity index (χ0n) is 11.7. The summed E-state index contributed by atoms with van der Waals surface area (Å²) in [4.78, 5) is 37.0. The Labute approximate surface area is 131 Å². The topological polar surface area (TPSA) is 63.7 Å². The fourth-order valence-corrected chi connectivity index (χ4v) is 2.97. The van der Waals surface area contributed by atoms with Crippen LogP contribution >= 0.6 is 11.3 Å². The third-order valence-electron chi connectivity index (χ3n) is 3.38. The quantitative estimate of drug-likeness (QED) is 0.626. The van der Waals surface area contributed by atoms with Gasteiger partial charge in [-0.05, 0) is 34.5 Å². The van der Waals surface area contributed by atoms with E-state index in [1.54, 1.807) is 24.3 Å². The highest BCUT2D eigenvalue weighted by Gasteiger charge is 2.34. The predicted octanol–water partition coefficient (Wildman–Crippen LogP) is 2.13. The number of carbonyl (C=O) groups excluding carboxylic acids is 3. The van der Waals surface area contributed by atoms with Gasteiger partial charge in [0.2, 0.25) is 0 Å². The minimum Gasteiger partial charge on any atom is -0.464 e. The molecule has 3 rings (SSSR count). The number of hydrogen-bond acceptors (Lipinski definition) is 5. The first kappa shape index (κ1) is 14.5. The maximum absolute atomic E-state index is 12.1. The van der Waals surface area contributed by atoms with Gasteiger partial charge in [0.15, 0.2) is 0 Å². The lowest BCUT2D eigenvalue weighted by Crippen LogP contribution is -2.33. The van der Waals surface area contributed by atoms with E-state index in [-0.39, 0.29) is 37.4 Å². The highest BCUT2D eigenvalue weighted by molar-refractivity contribution is 7.07. The van der Waals surface area contributed by atoms with Gasteiger partial charge < -0.3 is 4.74 Å². The Bertz CT molecular complexity index is 689. The van der Waals surface area contributed by atoms with Crippen molar-refractivity contribution in [2.45, 2.75) is 6.42 Å². The lowest BCUT2D eigenvalue weighted by Gasteiger charge is -2.13. The van der Waals surface area contributed by atoms with Gasteiger partial charge >= 0.3 is 5.97 Å². The number of fused-ring (bicyclic) bond motifs is 1. The Balaban J connectivity index is 1.54. The van der Waals surface area contributed by atoms with Crippen LogP contribution in [0.5, 0.6) is 0 Å². The molecule has 0 saturated carbocycles. The average molecular weight is 315 g/mol. The Morgan fingerprint density at radius 3 is 2.36 bits per heavy atom. The average Bonchev–Trinajstić information content (AvgIpc) is 3.10. The van der Waals surface area contributed by atoms with Crippen LogP contribution in [0.25, 0.3) is 0 Å². The van der Waals surface area contributed by atoms with Crippen molar-refractivity contribution < 1.29 is 19.1 Å². The normalized spacial score (nSPS) is 13.4. The van der Waals surface area contributed by atoms with Crippen LogP contribution in [-0.4, -0.2) is 35.8 Å². The minimum absolute atomic E-state index is 0.00837. The molecule has 22 heavy (non-hydrogen) atoms. The van der Waals surface area contributed by atoms with Crippen LogP contribution in [0, 0.1) is 0 Å². The summed E-state index contributed by atoms with van der Waals surface area (Å²) < 4.78 is 5.09. The van der Waals surface area contributed by atoms with Crippen molar-refractivity contribution in [3.8, 4) is 0 Å². The molecule has 2 amide bonds. The molecule has 2 heterocycles. The maximum atomic E-state index is 12.1. The first-order valence-electron chi connectivity index (χ1n) is 6.79. The molecule has 0 saturated heterocycles. The van der Waals surface area contributed by atoms with Gasteiger partial charge in [0, 0.05) is 0 Å². The van der Waals surface area contributed by atoms with Crippen molar-refractivity contribution in [1.29, 1.82) is 0 Å². The maximum Gasteiger partial charge on any atom is 0.310 e. The number of hydrogen-bond donors (Lipinski definition) is 0. The summed E-state index contributed by atoms with van der Waals surface area (Å²) in [6.07, 6.45) is 0.200. The summed E-state index contributed by atoms with van der Waals surface area (Å²) in [6, 6.07) is 8.54. The highest BCUT2D eigenvalue weighted by atomic mass is 32.1. The second-order valence-corrected chi connectivity index (χ2v) is 5.62.